The maximum atomic E-state index is 10.8. The Kier molecular flexibility index (Phi) is 6.18. The Hall–Kier alpha value is -2.03. The van der Waals surface area contributed by atoms with E-state index in [9.17, 15) is 5.11 Å². The molecule has 33 heavy (non-hydrogen) atoms. The summed E-state index contributed by atoms with van der Waals surface area (Å²) in [6.45, 7) is 4.06. The molecule has 1 saturated heterocycles. The van der Waals surface area contributed by atoms with Gasteiger partial charge in [-0.25, -0.2) is 0 Å². The largest absolute Gasteiger partial charge is 0.385 e. The van der Waals surface area contributed by atoms with Gasteiger partial charge in [0, 0.05) is 3.58 Å². The van der Waals surface area contributed by atoms with E-state index in [-0.39, 0.29) is 6.10 Å². The average molecular weight is 554 g/mol. The van der Waals surface area contributed by atoms with Gasteiger partial charge in [-0.1, -0.05) is 91.0 Å². The molecular weight excluding hydrogens is 527 g/mol. The van der Waals surface area contributed by atoms with Crippen LogP contribution >= 0.6 is 22.6 Å². The molecule has 3 aromatic rings. The molecule has 0 unspecified atom stereocenters. The van der Waals surface area contributed by atoms with Crippen LogP contribution in [0.2, 0.25) is 0 Å². The number of aliphatic hydroxyl groups is 1. The van der Waals surface area contributed by atoms with Gasteiger partial charge in [-0.15, -0.1) is 0 Å². The summed E-state index contributed by atoms with van der Waals surface area (Å²) < 4.78 is 20.0. The van der Waals surface area contributed by atoms with Gasteiger partial charge in [-0.2, -0.15) is 0 Å². The highest BCUT2D eigenvalue weighted by Gasteiger charge is 2.53. The molecule has 1 heterocycles. The third kappa shape index (κ3) is 4.06. The molecule has 0 saturated carbocycles. The lowest BCUT2D eigenvalue weighted by atomic mass is 9.80. The fraction of sp³-hybridized carbons (Fsp3) is 0.286. The van der Waals surface area contributed by atoms with Crippen molar-refractivity contribution in [2.75, 3.05) is 6.61 Å². The highest BCUT2D eigenvalue weighted by Crippen LogP contribution is 2.46. The number of aliphatic hydroxyl groups excluding tert-OH is 1. The van der Waals surface area contributed by atoms with Crippen molar-refractivity contribution in [3.05, 3.63) is 117 Å². The Bertz CT molecular complexity index is 1030. The third-order valence-electron chi connectivity index (χ3n) is 6.34. The first-order chi connectivity index (χ1) is 15.9. The maximum absolute atomic E-state index is 10.8. The zero-order valence-electron chi connectivity index (χ0n) is 18.6. The highest BCUT2D eigenvalue weighted by atomic mass is 127. The topological polar surface area (TPSA) is 47.9 Å². The molecule has 4 nitrogen and oxygen atoms in total. The molecule has 1 N–H and O–H groups in total. The van der Waals surface area contributed by atoms with Gasteiger partial charge in [0.25, 0.3) is 0 Å². The Morgan fingerprint density at radius 2 is 1.27 bits per heavy atom. The van der Waals surface area contributed by atoms with Crippen LogP contribution in [0, 0.1) is 0 Å². The van der Waals surface area contributed by atoms with E-state index in [0.717, 1.165) is 25.8 Å². The maximum Gasteiger partial charge on any atom is 0.164 e. The monoisotopic (exact) mass is 554 g/mol. The second-order valence-electron chi connectivity index (χ2n) is 8.91. The van der Waals surface area contributed by atoms with Crippen molar-refractivity contribution in [2.24, 2.45) is 0 Å². The van der Waals surface area contributed by atoms with Crippen molar-refractivity contribution < 1.29 is 19.3 Å². The zero-order chi connectivity index (χ0) is 23.1. The van der Waals surface area contributed by atoms with Crippen LogP contribution in [-0.2, 0) is 19.8 Å². The van der Waals surface area contributed by atoms with Crippen molar-refractivity contribution in [3.63, 3.8) is 0 Å². The van der Waals surface area contributed by atoms with Gasteiger partial charge in [0.1, 0.15) is 23.9 Å². The second-order valence-corrected chi connectivity index (χ2v) is 10.1. The highest BCUT2D eigenvalue weighted by molar-refractivity contribution is 14.1. The molecule has 3 aromatic carbocycles. The summed E-state index contributed by atoms with van der Waals surface area (Å²) >= 11 is 2.20. The van der Waals surface area contributed by atoms with Crippen molar-refractivity contribution in [2.45, 2.75) is 43.5 Å². The molecule has 0 aromatic heterocycles. The van der Waals surface area contributed by atoms with Crippen molar-refractivity contribution in [3.8, 4) is 0 Å². The predicted octanol–water partition coefficient (Wildman–Crippen LogP) is 5.58. The van der Waals surface area contributed by atoms with Crippen LogP contribution in [0.4, 0.5) is 0 Å². The number of hydrogen-bond acceptors (Lipinski definition) is 4. The normalized spacial score (nSPS) is 24.2. The van der Waals surface area contributed by atoms with E-state index < -0.39 is 23.6 Å². The molecule has 5 heteroatoms. The standard InChI is InChI=1S/C28H27IO4/c1-27(2)32-25-22(23(29)24(30)26(25)33-27)18-31-28(19-12-6-3-7-13-19,20-14-8-4-9-15-20)21-16-10-5-11-17-21/h3-17,24-26,30H,18H2,1-2H3/t24-,25+,26-/m0/s1. The lowest BCUT2D eigenvalue weighted by Gasteiger charge is -2.36. The molecule has 1 fully saturated rings. The molecule has 5 rings (SSSR count). The first-order valence-electron chi connectivity index (χ1n) is 11.1. The summed E-state index contributed by atoms with van der Waals surface area (Å²) in [4.78, 5) is 0. The van der Waals surface area contributed by atoms with Crippen LogP contribution in [0.1, 0.15) is 30.5 Å². The number of benzene rings is 3. The van der Waals surface area contributed by atoms with E-state index >= 15 is 0 Å². The summed E-state index contributed by atoms with van der Waals surface area (Å²) in [6.07, 6.45) is -1.46. The summed E-state index contributed by atoms with van der Waals surface area (Å²) in [6, 6.07) is 30.9. The molecule has 0 amide bonds. The quantitative estimate of drug-likeness (QED) is 0.320. The minimum atomic E-state index is -0.828. The van der Waals surface area contributed by atoms with Gasteiger partial charge in [0.05, 0.1) is 6.61 Å². The van der Waals surface area contributed by atoms with Gasteiger partial charge in [-0.05, 0) is 58.7 Å². The van der Waals surface area contributed by atoms with Crippen molar-refractivity contribution in [1.82, 2.24) is 0 Å². The Morgan fingerprint density at radius 1 is 0.818 bits per heavy atom. The van der Waals surface area contributed by atoms with Crippen molar-refractivity contribution in [1.29, 1.82) is 0 Å². The van der Waals surface area contributed by atoms with Gasteiger partial charge < -0.3 is 19.3 Å². The van der Waals surface area contributed by atoms with Gasteiger partial charge in [0.2, 0.25) is 0 Å². The van der Waals surface area contributed by atoms with E-state index in [0.29, 0.717) is 6.61 Å². The van der Waals surface area contributed by atoms with Crippen LogP contribution < -0.4 is 0 Å². The van der Waals surface area contributed by atoms with Gasteiger partial charge in [0.15, 0.2) is 5.79 Å². The third-order valence-corrected chi connectivity index (χ3v) is 7.67. The Labute approximate surface area is 208 Å². The van der Waals surface area contributed by atoms with Crippen LogP contribution in [0.25, 0.3) is 0 Å². The van der Waals surface area contributed by atoms with E-state index in [4.69, 9.17) is 14.2 Å². The van der Waals surface area contributed by atoms with Crippen molar-refractivity contribution >= 4 is 22.6 Å². The minimum Gasteiger partial charge on any atom is -0.385 e. The summed E-state index contributed by atoms with van der Waals surface area (Å²) in [5.41, 5.74) is 3.23. The first-order valence-corrected chi connectivity index (χ1v) is 12.2. The number of fused-ring (bicyclic) bond motifs is 1. The lowest BCUT2D eigenvalue weighted by Crippen LogP contribution is -2.35. The molecule has 0 spiro atoms. The van der Waals surface area contributed by atoms with E-state index in [1.54, 1.807) is 0 Å². The van der Waals surface area contributed by atoms with Gasteiger partial charge >= 0.3 is 0 Å². The van der Waals surface area contributed by atoms with E-state index in [1.165, 1.54) is 0 Å². The lowest BCUT2D eigenvalue weighted by molar-refractivity contribution is -0.153. The van der Waals surface area contributed by atoms with Crippen LogP contribution in [-0.4, -0.2) is 35.8 Å². The molecule has 1 aliphatic heterocycles. The Morgan fingerprint density at radius 3 is 1.73 bits per heavy atom. The molecule has 3 atom stereocenters. The zero-order valence-corrected chi connectivity index (χ0v) is 20.8. The van der Waals surface area contributed by atoms with Crippen LogP contribution in [0.3, 0.4) is 0 Å². The summed E-state index contributed by atoms with van der Waals surface area (Å²) in [5, 5.41) is 10.8. The summed E-state index contributed by atoms with van der Waals surface area (Å²) in [7, 11) is 0. The molecular formula is C28H27IO4. The number of halogens is 1. The van der Waals surface area contributed by atoms with E-state index in [2.05, 4.69) is 59.0 Å². The minimum absolute atomic E-state index is 0.300. The van der Waals surface area contributed by atoms with E-state index in [1.807, 2.05) is 68.4 Å². The molecule has 1 aliphatic carbocycles. The molecule has 2 aliphatic rings. The fourth-order valence-corrected chi connectivity index (χ4v) is 5.68. The first kappa shape index (κ1) is 22.7. The smallest absolute Gasteiger partial charge is 0.164 e. The number of ether oxygens (including phenoxy) is 3. The molecule has 0 bridgehead atoms. The predicted molar refractivity (Wildman–Crippen MR) is 136 cm³/mol. The van der Waals surface area contributed by atoms with Crippen LogP contribution in [0.15, 0.2) is 100 Å². The average Bonchev–Trinajstić information content (AvgIpc) is 3.27. The molecule has 170 valence electrons. The SMILES string of the molecule is CC1(C)O[C@@H]2[C@H](O1)C(COC(c1ccccc1)(c1ccccc1)c1ccccc1)=C(I)[C@@H]2O. The molecule has 0 radical (unpaired) electrons. The Balaban J connectivity index is 1.60. The second kappa shape index (κ2) is 8.96. The number of hydrogen-bond donors (Lipinski definition) is 1. The number of rotatable bonds is 6. The van der Waals surface area contributed by atoms with Gasteiger partial charge in [-0.3, -0.25) is 0 Å². The summed E-state index contributed by atoms with van der Waals surface area (Å²) in [5.74, 6) is -0.742. The van der Waals surface area contributed by atoms with Crippen LogP contribution in [0.5, 0.6) is 0 Å². The fourth-order valence-electron chi connectivity index (χ4n) is 4.87.